The predicted octanol–water partition coefficient (Wildman–Crippen LogP) is 3.49. The van der Waals surface area contributed by atoms with E-state index in [1.807, 2.05) is 6.07 Å². The minimum Gasteiger partial charge on any atom is -0.475 e. The Bertz CT molecular complexity index is 610. The van der Waals surface area contributed by atoms with Crippen molar-refractivity contribution in [1.82, 2.24) is 4.90 Å². The van der Waals surface area contributed by atoms with E-state index in [1.54, 1.807) is 6.92 Å². The van der Waals surface area contributed by atoms with Crippen LogP contribution in [0.4, 0.5) is 0 Å². The maximum absolute atomic E-state index is 11.2. The Morgan fingerprint density at radius 2 is 1.86 bits per heavy atom. The van der Waals surface area contributed by atoms with Gasteiger partial charge in [-0.25, -0.2) is 4.79 Å². The molecule has 5 unspecified atom stereocenters. The highest BCUT2D eigenvalue weighted by Crippen LogP contribution is 2.49. The second kappa shape index (κ2) is 4.98. The Hall–Kier alpha value is -1.55. The van der Waals surface area contributed by atoms with Gasteiger partial charge in [-0.15, -0.1) is 0 Å². The van der Waals surface area contributed by atoms with Crippen molar-refractivity contribution in [2.75, 3.05) is 13.1 Å². The molecule has 1 N–H and O–H groups in total. The molecule has 2 fully saturated rings. The van der Waals surface area contributed by atoms with Crippen LogP contribution >= 0.6 is 0 Å². The van der Waals surface area contributed by atoms with E-state index < -0.39 is 5.97 Å². The number of furan rings is 1. The van der Waals surface area contributed by atoms with Gasteiger partial charge in [0.05, 0.1) is 6.04 Å². The van der Waals surface area contributed by atoms with Crippen molar-refractivity contribution < 1.29 is 14.3 Å². The van der Waals surface area contributed by atoms with Crippen LogP contribution in [0.15, 0.2) is 22.6 Å². The number of likely N-dealkylation sites (tertiary alicyclic amines) is 1. The lowest BCUT2D eigenvalue weighted by atomic mass is 9.64. The molecule has 0 amide bonds. The number of carboxylic acid groups (broad SMARTS) is 1. The predicted molar refractivity (Wildman–Crippen MR) is 82.7 cm³/mol. The number of rotatable bonds is 3. The average molecular weight is 301 g/mol. The number of carbonyl (C=O) groups is 1. The van der Waals surface area contributed by atoms with Gasteiger partial charge in [0.25, 0.3) is 0 Å². The first-order chi connectivity index (χ1) is 10.5. The van der Waals surface area contributed by atoms with E-state index in [4.69, 9.17) is 9.52 Å². The van der Waals surface area contributed by atoms with Crippen molar-refractivity contribution in [3.63, 3.8) is 0 Å². The summed E-state index contributed by atoms with van der Waals surface area (Å²) < 4.78 is 5.62. The number of allylic oxidation sites excluding steroid dienone is 2. The van der Waals surface area contributed by atoms with E-state index in [9.17, 15) is 4.79 Å². The van der Waals surface area contributed by atoms with E-state index >= 15 is 0 Å². The molecule has 3 aliphatic carbocycles. The van der Waals surface area contributed by atoms with E-state index in [2.05, 4.69) is 24.0 Å². The van der Waals surface area contributed by atoms with Crippen molar-refractivity contribution >= 4 is 5.97 Å². The monoisotopic (exact) mass is 301 g/mol. The normalized spacial score (nSPS) is 34.8. The largest absolute Gasteiger partial charge is 0.475 e. The number of nitrogens with zero attached hydrogens (tertiary/aromatic N) is 1. The lowest BCUT2D eigenvalue weighted by Crippen LogP contribution is -2.35. The van der Waals surface area contributed by atoms with Crippen LogP contribution in [0.25, 0.3) is 0 Å². The molecule has 22 heavy (non-hydrogen) atoms. The second-order valence-corrected chi connectivity index (χ2v) is 7.21. The fourth-order valence-corrected chi connectivity index (χ4v) is 4.79. The molecule has 5 rings (SSSR count). The fraction of sp³-hybridized carbons (Fsp3) is 0.611. The summed E-state index contributed by atoms with van der Waals surface area (Å²) in [5.74, 6) is 2.95. The molecule has 2 bridgehead atoms. The SMILES string of the molecule is Cc1cc(C(C)N2CC3C4C=CC(CC4)C3C2)oc1C(=O)O. The summed E-state index contributed by atoms with van der Waals surface area (Å²) in [6.45, 7) is 6.16. The van der Waals surface area contributed by atoms with E-state index in [-0.39, 0.29) is 11.8 Å². The van der Waals surface area contributed by atoms with E-state index in [1.165, 1.54) is 12.8 Å². The number of aryl methyl sites for hydroxylation is 1. The molecule has 1 aromatic heterocycles. The number of hydrogen-bond donors (Lipinski definition) is 1. The maximum Gasteiger partial charge on any atom is 0.372 e. The van der Waals surface area contributed by atoms with Gasteiger partial charge in [-0.1, -0.05) is 12.2 Å². The van der Waals surface area contributed by atoms with Gasteiger partial charge in [-0.05, 0) is 56.4 Å². The molecular weight excluding hydrogens is 278 g/mol. The lowest BCUT2D eigenvalue weighted by Gasteiger charge is -2.40. The molecule has 0 radical (unpaired) electrons. The van der Waals surface area contributed by atoms with Crippen LogP contribution in [0.1, 0.15) is 47.7 Å². The topological polar surface area (TPSA) is 53.7 Å². The smallest absolute Gasteiger partial charge is 0.372 e. The van der Waals surface area contributed by atoms with Crippen LogP contribution in [0.5, 0.6) is 0 Å². The van der Waals surface area contributed by atoms with E-state index in [0.29, 0.717) is 5.56 Å². The third-order valence-electron chi connectivity index (χ3n) is 6.07. The Morgan fingerprint density at radius 3 is 2.32 bits per heavy atom. The van der Waals surface area contributed by atoms with E-state index in [0.717, 1.165) is 42.5 Å². The van der Waals surface area contributed by atoms with Gasteiger partial charge >= 0.3 is 5.97 Å². The zero-order valence-electron chi connectivity index (χ0n) is 13.2. The third kappa shape index (κ3) is 2.04. The Kier molecular flexibility index (Phi) is 3.19. The molecule has 1 saturated carbocycles. The molecule has 4 heteroatoms. The number of carboxylic acids is 1. The maximum atomic E-state index is 11.2. The second-order valence-electron chi connectivity index (χ2n) is 7.21. The van der Waals surface area contributed by atoms with Crippen molar-refractivity contribution in [3.05, 3.63) is 35.3 Å². The van der Waals surface area contributed by atoms with Crippen LogP contribution in [0, 0.1) is 30.6 Å². The molecule has 1 saturated heterocycles. The summed E-state index contributed by atoms with van der Waals surface area (Å²) in [5.41, 5.74) is 0.715. The molecule has 5 atom stereocenters. The summed E-state index contributed by atoms with van der Waals surface area (Å²) >= 11 is 0. The Morgan fingerprint density at radius 1 is 1.27 bits per heavy atom. The van der Waals surface area contributed by atoms with Gasteiger partial charge in [0.2, 0.25) is 5.76 Å². The first kappa shape index (κ1) is 14.1. The highest BCUT2D eigenvalue weighted by atomic mass is 16.4. The van der Waals surface area contributed by atoms with Crippen LogP contribution in [-0.4, -0.2) is 29.1 Å². The first-order valence-electron chi connectivity index (χ1n) is 8.30. The summed E-state index contributed by atoms with van der Waals surface area (Å²) in [7, 11) is 0. The summed E-state index contributed by atoms with van der Waals surface area (Å²) in [5, 5.41) is 9.16. The van der Waals surface area contributed by atoms with Crippen LogP contribution in [-0.2, 0) is 0 Å². The van der Waals surface area contributed by atoms with Crippen molar-refractivity contribution in [2.24, 2.45) is 23.7 Å². The highest BCUT2D eigenvalue weighted by Gasteiger charge is 2.47. The Balaban J connectivity index is 1.54. The van der Waals surface area contributed by atoms with Crippen molar-refractivity contribution in [1.29, 1.82) is 0 Å². The van der Waals surface area contributed by atoms with Crippen LogP contribution < -0.4 is 0 Å². The first-order valence-corrected chi connectivity index (χ1v) is 8.30. The summed E-state index contributed by atoms with van der Waals surface area (Å²) in [6.07, 6.45) is 7.55. The molecule has 1 aliphatic heterocycles. The minimum absolute atomic E-state index is 0.0835. The summed E-state index contributed by atoms with van der Waals surface area (Å²) in [4.78, 5) is 13.6. The van der Waals surface area contributed by atoms with Crippen molar-refractivity contribution in [2.45, 2.75) is 32.7 Å². The molecule has 2 heterocycles. The number of fused-ring (bicyclic) bond motifs is 1. The quantitative estimate of drug-likeness (QED) is 0.868. The average Bonchev–Trinajstić information content (AvgIpc) is 3.12. The van der Waals surface area contributed by atoms with Crippen LogP contribution in [0.2, 0.25) is 0 Å². The van der Waals surface area contributed by atoms with Gasteiger partial charge < -0.3 is 9.52 Å². The van der Waals surface area contributed by atoms with Gasteiger partial charge in [0.1, 0.15) is 5.76 Å². The van der Waals surface area contributed by atoms with Gasteiger partial charge in [-0.2, -0.15) is 0 Å². The number of aromatic carboxylic acids is 1. The molecule has 0 spiro atoms. The lowest BCUT2D eigenvalue weighted by molar-refractivity contribution is 0.0655. The van der Waals surface area contributed by atoms with Gasteiger partial charge in [0.15, 0.2) is 0 Å². The molecule has 0 aromatic carbocycles. The summed E-state index contributed by atoms with van der Waals surface area (Å²) in [6, 6.07) is 2.04. The molecular formula is C18H23NO3. The van der Waals surface area contributed by atoms with Gasteiger partial charge in [0, 0.05) is 18.7 Å². The molecule has 118 valence electrons. The minimum atomic E-state index is -0.978. The molecule has 1 aromatic rings. The Labute approximate surface area is 130 Å². The zero-order valence-corrected chi connectivity index (χ0v) is 13.2. The highest BCUT2D eigenvalue weighted by molar-refractivity contribution is 5.86. The standard InChI is InChI=1S/C18H23NO3/c1-10-7-16(22-17(10)18(20)21)11(2)19-8-14-12-3-4-13(6-5-12)15(14)9-19/h3-4,7,11-15H,5-6,8-9H2,1-2H3,(H,20,21). The van der Waals surface area contributed by atoms with Gasteiger partial charge in [-0.3, -0.25) is 4.90 Å². The third-order valence-corrected chi connectivity index (χ3v) is 6.07. The molecule has 4 aliphatic rings. The fourth-order valence-electron chi connectivity index (χ4n) is 4.79. The zero-order chi connectivity index (χ0) is 15.4. The van der Waals surface area contributed by atoms with Crippen molar-refractivity contribution in [3.8, 4) is 0 Å². The number of hydrogen-bond acceptors (Lipinski definition) is 3. The molecule has 4 nitrogen and oxygen atoms in total. The van der Waals surface area contributed by atoms with Crippen LogP contribution in [0.3, 0.4) is 0 Å².